The third-order valence-corrected chi connectivity index (χ3v) is 3.32. The highest BCUT2D eigenvalue weighted by Gasteiger charge is 2.06. The van der Waals surface area contributed by atoms with Gasteiger partial charge in [-0.2, -0.15) is 0 Å². The summed E-state index contributed by atoms with van der Waals surface area (Å²) in [6.07, 6.45) is 0.449. The summed E-state index contributed by atoms with van der Waals surface area (Å²) in [6, 6.07) is 0. The fourth-order valence-corrected chi connectivity index (χ4v) is 2.28. The van der Waals surface area contributed by atoms with Crippen molar-refractivity contribution in [3.63, 3.8) is 0 Å². The minimum atomic E-state index is -0.0449. The summed E-state index contributed by atoms with van der Waals surface area (Å²) in [7, 11) is 0. The van der Waals surface area contributed by atoms with E-state index in [0.717, 1.165) is 10.1 Å². The Morgan fingerprint density at radius 1 is 1.64 bits per heavy atom. The van der Waals surface area contributed by atoms with Gasteiger partial charge in [0.2, 0.25) is 11.0 Å². The zero-order valence-electron chi connectivity index (χ0n) is 7.82. The topological polar surface area (TPSA) is 80.9 Å². The van der Waals surface area contributed by atoms with Crippen molar-refractivity contribution in [2.75, 3.05) is 17.6 Å². The zero-order chi connectivity index (χ0) is 10.4. The van der Waals surface area contributed by atoms with E-state index in [9.17, 15) is 4.79 Å². The average Bonchev–Trinajstić information content (AvgIpc) is 2.62. The van der Waals surface area contributed by atoms with Crippen LogP contribution in [0.2, 0.25) is 0 Å². The molecular formula is C7H12N4OS2. The molecule has 0 aromatic carbocycles. The lowest BCUT2D eigenvalue weighted by Gasteiger charge is -1.94. The van der Waals surface area contributed by atoms with Crippen molar-refractivity contribution in [3.05, 3.63) is 0 Å². The van der Waals surface area contributed by atoms with Crippen LogP contribution in [0.4, 0.5) is 5.13 Å². The third kappa shape index (κ3) is 3.60. The molecule has 0 saturated carbocycles. The Balaban J connectivity index is 2.46. The molecule has 1 heterocycles. The summed E-state index contributed by atoms with van der Waals surface area (Å²) in [5.41, 5.74) is 5.35. The first-order valence-electron chi connectivity index (χ1n) is 4.22. The van der Waals surface area contributed by atoms with Gasteiger partial charge in [-0.05, 0) is 0 Å². The lowest BCUT2D eigenvalue weighted by atomic mass is 10.5. The molecule has 0 bridgehead atoms. The molecule has 0 spiro atoms. The SMILES string of the molecule is CCC(=O)Nc1nnc(SCCN)s1. The van der Waals surface area contributed by atoms with E-state index < -0.39 is 0 Å². The summed E-state index contributed by atoms with van der Waals surface area (Å²) in [4.78, 5) is 11.0. The zero-order valence-corrected chi connectivity index (χ0v) is 9.45. The van der Waals surface area contributed by atoms with E-state index >= 15 is 0 Å². The van der Waals surface area contributed by atoms with Crippen molar-refractivity contribution in [2.45, 2.75) is 17.7 Å². The van der Waals surface area contributed by atoms with E-state index in [1.54, 1.807) is 18.7 Å². The Morgan fingerprint density at radius 2 is 2.43 bits per heavy atom. The number of hydrogen-bond donors (Lipinski definition) is 2. The molecule has 0 unspecified atom stereocenters. The standard InChI is InChI=1S/C7H12N4OS2/c1-2-5(12)9-6-10-11-7(14-6)13-4-3-8/h2-4,8H2,1H3,(H,9,10,12). The van der Waals surface area contributed by atoms with Gasteiger partial charge in [0.25, 0.3) is 0 Å². The summed E-state index contributed by atoms with van der Waals surface area (Å²) in [5, 5.41) is 10.9. The van der Waals surface area contributed by atoms with Crippen LogP contribution in [0.1, 0.15) is 13.3 Å². The summed E-state index contributed by atoms with van der Waals surface area (Å²) >= 11 is 2.91. The molecule has 0 fully saturated rings. The molecule has 0 radical (unpaired) electrons. The predicted octanol–water partition coefficient (Wildman–Crippen LogP) is 0.937. The first-order chi connectivity index (χ1) is 6.76. The van der Waals surface area contributed by atoms with Crippen molar-refractivity contribution in [1.82, 2.24) is 10.2 Å². The number of rotatable bonds is 5. The van der Waals surface area contributed by atoms with Crippen LogP contribution in [0, 0.1) is 0 Å². The third-order valence-electron chi connectivity index (χ3n) is 1.32. The van der Waals surface area contributed by atoms with Crippen molar-refractivity contribution >= 4 is 34.1 Å². The summed E-state index contributed by atoms with van der Waals surface area (Å²) in [5.74, 6) is 0.771. The van der Waals surface area contributed by atoms with E-state index in [4.69, 9.17) is 5.73 Å². The van der Waals surface area contributed by atoms with Gasteiger partial charge < -0.3 is 11.1 Å². The molecule has 1 rings (SSSR count). The second kappa shape index (κ2) is 5.94. The van der Waals surface area contributed by atoms with Gasteiger partial charge in [0.1, 0.15) is 0 Å². The van der Waals surface area contributed by atoms with Crippen molar-refractivity contribution in [3.8, 4) is 0 Å². The van der Waals surface area contributed by atoms with Crippen LogP contribution in [-0.4, -0.2) is 28.4 Å². The molecule has 7 heteroatoms. The van der Waals surface area contributed by atoms with Crippen LogP contribution >= 0.6 is 23.1 Å². The van der Waals surface area contributed by atoms with Crippen LogP contribution in [0.5, 0.6) is 0 Å². The largest absolute Gasteiger partial charge is 0.330 e. The maximum atomic E-state index is 11.0. The minimum absolute atomic E-state index is 0.0449. The molecule has 5 nitrogen and oxygen atoms in total. The number of nitrogens with two attached hydrogens (primary N) is 1. The molecule has 0 aliphatic rings. The van der Waals surface area contributed by atoms with E-state index in [2.05, 4.69) is 15.5 Å². The molecule has 0 aliphatic heterocycles. The maximum absolute atomic E-state index is 11.0. The normalized spacial score (nSPS) is 10.1. The Hall–Kier alpha value is -0.660. The van der Waals surface area contributed by atoms with E-state index in [0.29, 0.717) is 18.1 Å². The molecule has 1 aromatic rings. The van der Waals surface area contributed by atoms with E-state index in [1.807, 2.05) is 0 Å². The number of nitrogens with one attached hydrogen (secondary N) is 1. The van der Waals surface area contributed by atoms with E-state index in [1.165, 1.54) is 11.3 Å². The smallest absolute Gasteiger partial charge is 0.225 e. The average molecular weight is 232 g/mol. The number of amides is 1. The number of hydrogen-bond acceptors (Lipinski definition) is 6. The van der Waals surface area contributed by atoms with Gasteiger partial charge in [0.15, 0.2) is 4.34 Å². The monoisotopic (exact) mass is 232 g/mol. The second-order valence-corrected chi connectivity index (χ2v) is 4.73. The van der Waals surface area contributed by atoms with Crippen LogP contribution in [0.3, 0.4) is 0 Å². The highest BCUT2D eigenvalue weighted by molar-refractivity contribution is 8.01. The molecule has 1 amide bonds. The number of aromatic nitrogens is 2. The first-order valence-corrected chi connectivity index (χ1v) is 6.02. The first kappa shape index (κ1) is 11.4. The Labute approximate surface area is 90.5 Å². The van der Waals surface area contributed by atoms with E-state index in [-0.39, 0.29) is 5.91 Å². The van der Waals surface area contributed by atoms with Gasteiger partial charge in [-0.3, -0.25) is 4.79 Å². The van der Waals surface area contributed by atoms with Crippen molar-refractivity contribution in [1.29, 1.82) is 0 Å². The second-order valence-electron chi connectivity index (χ2n) is 2.41. The van der Waals surface area contributed by atoms with Gasteiger partial charge >= 0.3 is 0 Å². The lowest BCUT2D eigenvalue weighted by Crippen LogP contribution is -2.08. The summed E-state index contributed by atoms with van der Waals surface area (Å²) < 4.78 is 0.835. The summed E-state index contributed by atoms with van der Waals surface area (Å²) in [6.45, 7) is 2.40. The van der Waals surface area contributed by atoms with Gasteiger partial charge in [-0.15, -0.1) is 10.2 Å². The maximum Gasteiger partial charge on any atom is 0.225 e. The highest BCUT2D eigenvalue weighted by Crippen LogP contribution is 2.24. The molecule has 3 N–H and O–H groups in total. The molecule has 0 atom stereocenters. The molecular weight excluding hydrogens is 220 g/mol. The number of nitrogens with zero attached hydrogens (tertiary/aromatic N) is 2. The number of anilines is 1. The Kier molecular flexibility index (Phi) is 4.85. The van der Waals surface area contributed by atoms with Crippen molar-refractivity contribution in [2.24, 2.45) is 5.73 Å². The fourth-order valence-electron chi connectivity index (χ4n) is 0.673. The molecule has 78 valence electrons. The quantitative estimate of drug-likeness (QED) is 0.583. The van der Waals surface area contributed by atoms with Gasteiger partial charge in [-0.25, -0.2) is 0 Å². The molecule has 1 aromatic heterocycles. The van der Waals surface area contributed by atoms with Crippen LogP contribution < -0.4 is 11.1 Å². The van der Waals surface area contributed by atoms with Crippen LogP contribution in [-0.2, 0) is 4.79 Å². The number of carbonyl (C=O) groups is 1. The number of carbonyl (C=O) groups excluding carboxylic acids is 1. The highest BCUT2D eigenvalue weighted by atomic mass is 32.2. The molecule has 0 aliphatic carbocycles. The lowest BCUT2D eigenvalue weighted by molar-refractivity contribution is -0.115. The van der Waals surface area contributed by atoms with Crippen molar-refractivity contribution < 1.29 is 4.79 Å². The van der Waals surface area contributed by atoms with Gasteiger partial charge in [0, 0.05) is 18.7 Å². The minimum Gasteiger partial charge on any atom is -0.330 e. The van der Waals surface area contributed by atoms with Crippen LogP contribution in [0.15, 0.2) is 4.34 Å². The Bertz CT molecular complexity index is 302. The Morgan fingerprint density at radius 3 is 3.07 bits per heavy atom. The number of thioether (sulfide) groups is 1. The fraction of sp³-hybridized carbons (Fsp3) is 0.571. The molecule has 14 heavy (non-hydrogen) atoms. The predicted molar refractivity (Wildman–Crippen MR) is 58.6 cm³/mol. The van der Waals surface area contributed by atoms with Gasteiger partial charge in [-0.1, -0.05) is 30.0 Å². The van der Waals surface area contributed by atoms with Gasteiger partial charge in [0.05, 0.1) is 0 Å². The molecule has 0 saturated heterocycles. The van der Waals surface area contributed by atoms with Crippen LogP contribution in [0.25, 0.3) is 0 Å².